The van der Waals surface area contributed by atoms with Gasteiger partial charge in [-0.3, -0.25) is 0 Å². The molecule has 4 aromatic heterocycles. The molecule has 222 valence electrons. The van der Waals surface area contributed by atoms with E-state index in [1.54, 1.807) is 53.6 Å². The second-order valence-electron chi connectivity index (χ2n) is 9.52. The number of hydrogen-bond acceptors (Lipinski definition) is 6. The van der Waals surface area contributed by atoms with E-state index in [0.717, 1.165) is 39.0 Å². The lowest BCUT2D eigenvalue weighted by Gasteiger charge is -2.12. The fraction of sp³-hybridized carbons (Fsp3) is 0.172. The molecular formula is C29H22F6N6O2. The molecule has 43 heavy (non-hydrogen) atoms. The molecule has 6 aromatic rings. The number of rotatable bonds is 4. The molecule has 0 fully saturated rings. The van der Waals surface area contributed by atoms with E-state index in [0.29, 0.717) is 11.1 Å². The Labute approximate surface area is 240 Å². The predicted molar refractivity (Wildman–Crippen MR) is 144 cm³/mol. The molecule has 4 heterocycles. The average Bonchev–Trinajstić information content (AvgIpc) is 3.57. The fourth-order valence-electron chi connectivity index (χ4n) is 4.57. The first-order valence-electron chi connectivity index (χ1n) is 12.6. The first-order valence-corrected chi connectivity index (χ1v) is 12.6. The first kappa shape index (κ1) is 29.4. The molecular weight excluding hydrogens is 578 g/mol. The number of hydrogen-bond donors (Lipinski definition) is 0. The quantitative estimate of drug-likeness (QED) is 0.195. The number of aryl methyl sites for hydroxylation is 3. The molecule has 0 spiro atoms. The minimum absolute atomic E-state index is 0.224. The Morgan fingerprint density at radius 1 is 0.605 bits per heavy atom. The van der Waals surface area contributed by atoms with E-state index in [2.05, 4.69) is 30.1 Å². The minimum Gasteiger partial charge on any atom is -0.406 e. The van der Waals surface area contributed by atoms with Crippen molar-refractivity contribution >= 4 is 11.0 Å². The predicted octanol–water partition coefficient (Wildman–Crippen LogP) is 7.52. The van der Waals surface area contributed by atoms with Gasteiger partial charge in [-0.05, 0) is 103 Å². The Hall–Kier alpha value is -5.14. The maximum atomic E-state index is 12.2. The zero-order valence-electron chi connectivity index (χ0n) is 22.8. The topological polar surface area (TPSA) is 78.8 Å². The number of fused-ring (bicyclic) bond motifs is 2. The van der Waals surface area contributed by atoms with Gasteiger partial charge < -0.3 is 9.47 Å². The molecule has 0 amide bonds. The minimum atomic E-state index is -4.69. The van der Waals surface area contributed by atoms with Crippen molar-refractivity contribution in [3.05, 3.63) is 96.1 Å². The van der Waals surface area contributed by atoms with Crippen LogP contribution in [0.5, 0.6) is 11.5 Å². The molecule has 0 aliphatic rings. The van der Waals surface area contributed by atoms with Crippen molar-refractivity contribution in [2.75, 3.05) is 0 Å². The summed E-state index contributed by atoms with van der Waals surface area (Å²) in [5.41, 5.74) is 7.33. The molecule has 0 bridgehead atoms. The van der Waals surface area contributed by atoms with Gasteiger partial charge in [-0.1, -0.05) is 22.6 Å². The number of pyridine rings is 2. The highest BCUT2D eigenvalue weighted by Gasteiger charge is 2.32. The van der Waals surface area contributed by atoms with Gasteiger partial charge in [-0.25, -0.2) is 9.03 Å². The lowest BCUT2D eigenvalue weighted by molar-refractivity contribution is -0.275. The number of nitrogens with zero attached hydrogens (tertiary/aromatic N) is 6. The number of ether oxygens (including phenoxy) is 2. The van der Waals surface area contributed by atoms with Crippen LogP contribution >= 0.6 is 0 Å². The SMILES string of the molecule is Cc1cc(OC(F)(F)F)ccc1-c1cc(C)n2nncc2c1.Cc1cc(OC(F)(F)F)ccc1-c1ccn2nncc2c1. The number of benzene rings is 2. The van der Waals surface area contributed by atoms with Gasteiger partial charge in [0.2, 0.25) is 0 Å². The fourth-order valence-corrected chi connectivity index (χ4v) is 4.57. The molecule has 6 rings (SSSR count). The lowest BCUT2D eigenvalue weighted by atomic mass is 10.00. The van der Waals surface area contributed by atoms with Crippen LogP contribution in [0.25, 0.3) is 33.3 Å². The molecule has 14 heteroatoms. The van der Waals surface area contributed by atoms with Crippen molar-refractivity contribution in [1.82, 2.24) is 29.7 Å². The molecule has 0 atom stereocenters. The lowest BCUT2D eigenvalue weighted by Crippen LogP contribution is -2.17. The van der Waals surface area contributed by atoms with Gasteiger partial charge in [0.15, 0.2) is 0 Å². The molecule has 2 aromatic carbocycles. The molecule has 0 saturated heterocycles. The van der Waals surface area contributed by atoms with Gasteiger partial charge in [0.1, 0.15) is 11.5 Å². The van der Waals surface area contributed by atoms with E-state index in [-0.39, 0.29) is 11.5 Å². The van der Waals surface area contributed by atoms with Crippen LogP contribution in [0.2, 0.25) is 0 Å². The molecule has 0 aliphatic carbocycles. The summed E-state index contributed by atoms with van der Waals surface area (Å²) in [5.74, 6) is -0.451. The van der Waals surface area contributed by atoms with Crippen molar-refractivity contribution in [1.29, 1.82) is 0 Å². The van der Waals surface area contributed by atoms with Gasteiger partial charge in [-0.15, -0.1) is 36.5 Å². The highest BCUT2D eigenvalue weighted by atomic mass is 19.4. The van der Waals surface area contributed by atoms with Gasteiger partial charge in [-0.2, -0.15) is 0 Å². The third-order valence-electron chi connectivity index (χ3n) is 6.36. The smallest absolute Gasteiger partial charge is 0.406 e. The Morgan fingerprint density at radius 2 is 1.14 bits per heavy atom. The van der Waals surface area contributed by atoms with E-state index in [4.69, 9.17) is 0 Å². The van der Waals surface area contributed by atoms with Crippen molar-refractivity contribution < 1.29 is 35.8 Å². The van der Waals surface area contributed by atoms with Crippen LogP contribution in [0.3, 0.4) is 0 Å². The van der Waals surface area contributed by atoms with Crippen molar-refractivity contribution in [2.45, 2.75) is 33.5 Å². The monoisotopic (exact) mass is 600 g/mol. The van der Waals surface area contributed by atoms with Crippen LogP contribution in [-0.4, -0.2) is 42.4 Å². The van der Waals surface area contributed by atoms with Crippen LogP contribution in [0.4, 0.5) is 26.3 Å². The van der Waals surface area contributed by atoms with Gasteiger partial charge >= 0.3 is 12.7 Å². The zero-order valence-corrected chi connectivity index (χ0v) is 22.8. The van der Waals surface area contributed by atoms with Crippen LogP contribution < -0.4 is 9.47 Å². The number of alkyl halides is 6. The highest BCUT2D eigenvalue weighted by molar-refractivity contribution is 5.73. The Balaban J connectivity index is 0.000000171. The Kier molecular flexibility index (Phi) is 7.69. The standard InChI is InChI=1S/C15H12F3N3O.C14H10F3N3O/c1-9-5-13(22-15(16,17)18)3-4-14(9)11-6-10(2)21-12(7-11)8-19-20-21;1-9-6-12(21-14(15,16)17)2-3-13(9)10-4-5-20-11(7-10)8-18-19-20/h3-8H,1-2H3;2-8H,1H3. The maximum absolute atomic E-state index is 12.2. The normalized spacial score (nSPS) is 11.8. The van der Waals surface area contributed by atoms with Crippen LogP contribution in [-0.2, 0) is 0 Å². The van der Waals surface area contributed by atoms with Gasteiger partial charge in [0.05, 0.1) is 23.4 Å². The Morgan fingerprint density at radius 3 is 1.72 bits per heavy atom. The largest absolute Gasteiger partial charge is 0.573 e. The van der Waals surface area contributed by atoms with Gasteiger partial charge in [0, 0.05) is 11.9 Å². The van der Waals surface area contributed by atoms with Gasteiger partial charge in [0.25, 0.3) is 0 Å². The summed E-state index contributed by atoms with van der Waals surface area (Å²) in [6, 6.07) is 16.1. The van der Waals surface area contributed by atoms with Crippen molar-refractivity contribution in [2.24, 2.45) is 0 Å². The molecule has 0 unspecified atom stereocenters. The van der Waals surface area contributed by atoms with E-state index in [9.17, 15) is 26.3 Å². The highest BCUT2D eigenvalue weighted by Crippen LogP contribution is 2.32. The summed E-state index contributed by atoms with van der Waals surface area (Å²) in [5, 5.41) is 15.4. The van der Waals surface area contributed by atoms with E-state index in [1.807, 2.05) is 31.2 Å². The number of halogens is 6. The molecule has 0 N–H and O–H groups in total. The second kappa shape index (κ2) is 11.3. The van der Waals surface area contributed by atoms with E-state index >= 15 is 0 Å². The molecule has 8 nitrogen and oxygen atoms in total. The summed E-state index contributed by atoms with van der Waals surface area (Å²) < 4.78 is 84.5. The van der Waals surface area contributed by atoms with Crippen LogP contribution in [0.1, 0.15) is 16.8 Å². The summed E-state index contributed by atoms with van der Waals surface area (Å²) in [6.45, 7) is 5.37. The third kappa shape index (κ3) is 7.02. The van der Waals surface area contributed by atoms with Crippen molar-refractivity contribution in [3.8, 4) is 33.8 Å². The average molecular weight is 601 g/mol. The van der Waals surface area contributed by atoms with Crippen molar-refractivity contribution in [3.63, 3.8) is 0 Å². The summed E-state index contributed by atoms with van der Waals surface area (Å²) >= 11 is 0. The summed E-state index contributed by atoms with van der Waals surface area (Å²) in [4.78, 5) is 0. The second-order valence-corrected chi connectivity index (χ2v) is 9.52. The third-order valence-corrected chi connectivity index (χ3v) is 6.36. The Bertz CT molecular complexity index is 1910. The van der Waals surface area contributed by atoms with E-state index in [1.165, 1.54) is 24.3 Å². The molecule has 0 radical (unpaired) electrons. The molecule has 0 saturated carbocycles. The maximum Gasteiger partial charge on any atom is 0.573 e. The molecule has 0 aliphatic heterocycles. The zero-order chi connectivity index (χ0) is 30.9. The first-order chi connectivity index (χ1) is 20.3. The number of aromatic nitrogens is 6. The van der Waals surface area contributed by atoms with Crippen LogP contribution in [0, 0.1) is 20.8 Å². The van der Waals surface area contributed by atoms with Crippen LogP contribution in [0.15, 0.2) is 79.3 Å². The summed E-state index contributed by atoms with van der Waals surface area (Å²) in [7, 11) is 0. The summed E-state index contributed by atoms with van der Waals surface area (Å²) in [6.07, 6.45) is -4.38. The van der Waals surface area contributed by atoms with E-state index < -0.39 is 12.7 Å².